The first-order chi connectivity index (χ1) is 9.15. The molecule has 98 valence electrons. The molecule has 4 heteroatoms. The van der Waals surface area contributed by atoms with Crippen LogP contribution in [0.5, 0.6) is 11.5 Å². The van der Waals surface area contributed by atoms with Crippen LogP contribution >= 0.6 is 15.9 Å². The second kappa shape index (κ2) is 6.38. The van der Waals surface area contributed by atoms with Crippen LogP contribution in [0.15, 0.2) is 53.0 Å². The molecule has 0 unspecified atom stereocenters. The molecule has 0 atom stereocenters. The van der Waals surface area contributed by atoms with E-state index in [4.69, 9.17) is 9.47 Å². The Bertz CT molecular complexity index is 567. The third kappa shape index (κ3) is 4.10. The van der Waals surface area contributed by atoms with Gasteiger partial charge in [-0.2, -0.15) is 0 Å². The average molecular weight is 321 g/mol. The smallest absolute Gasteiger partial charge is 0.308 e. The van der Waals surface area contributed by atoms with E-state index < -0.39 is 0 Å². The lowest BCUT2D eigenvalue weighted by molar-refractivity contribution is -0.131. The zero-order valence-corrected chi connectivity index (χ0v) is 12.0. The lowest BCUT2D eigenvalue weighted by atomic mass is 10.2. The highest BCUT2D eigenvalue weighted by Gasteiger charge is 2.08. The Labute approximate surface area is 120 Å². The molecule has 0 spiro atoms. The van der Waals surface area contributed by atoms with Gasteiger partial charge in [-0.15, -0.1) is 0 Å². The van der Waals surface area contributed by atoms with Crippen molar-refractivity contribution in [1.29, 1.82) is 0 Å². The van der Waals surface area contributed by atoms with Crippen molar-refractivity contribution in [3.05, 3.63) is 58.6 Å². The molecular formula is C15H13BrO3. The molecule has 0 aliphatic carbocycles. The lowest BCUT2D eigenvalue weighted by Crippen LogP contribution is -2.01. The number of halogens is 1. The first-order valence-corrected chi connectivity index (χ1v) is 6.59. The number of carbonyl (C=O) groups excluding carboxylic acids is 1. The quantitative estimate of drug-likeness (QED) is 0.589. The summed E-state index contributed by atoms with van der Waals surface area (Å²) >= 11 is 3.37. The van der Waals surface area contributed by atoms with Gasteiger partial charge in [0.2, 0.25) is 0 Å². The Balaban J connectivity index is 0.000000141. The first kappa shape index (κ1) is 13.6. The van der Waals surface area contributed by atoms with Gasteiger partial charge in [-0.1, -0.05) is 24.3 Å². The molecule has 2 aromatic rings. The normalized spacial score (nSPS) is 11.1. The Morgan fingerprint density at radius 1 is 1.21 bits per heavy atom. The maximum absolute atomic E-state index is 10.4. The number of hydrogen-bond donors (Lipinski definition) is 0. The molecule has 3 nitrogen and oxygen atoms in total. The van der Waals surface area contributed by atoms with E-state index in [0.717, 1.165) is 16.8 Å². The third-order valence-corrected chi connectivity index (χ3v) is 3.02. The van der Waals surface area contributed by atoms with Crippen LogP contribution in [0.4, 0.5) is 0 Å². The van der Waals surface area contributed by atoms with Crippen LogP contribution in [0.1, 0.15) is 12.5 Å². The van der Waals surface area contributed by atoms with Gasteiger partial charge in [0, 0.05) is 6.92 Å². The molecule has 2 aliphatic rings. The van der Waals surface area contributed by atoms with Crippen LogP contribution in [0.2, 0.25) is 0 Å². The number of rotatable bonds is 1. The number of carbonyl (C=O) groups is 1. The maximum Gasteiger partial charge on any atom is 0.308 e. The van der Waals surface area contributed by atoms with Crippen LogP contribution in [-0.2, 0) is 11.4 Å². The lowest BCUT2D eigenvalue weighted by Gasteiger charge is -2.14. The van der Waals surface area contributed by atoms with Crippen LogP contribution in [0, 0.1) is 0 Å². The summed E-state index contributed by atoms with van der Waals surface area (Å²) in [7, 11) is 0. The first-order valence-electron chi connectivity index (χ1n) is 5.80. The van der Waals surface area contributed by atoms with Crippen LogP contribution in [0.3, 0.4) is 0 Å². The second-order valence-electron chi connectivity index (χ2n) is 3.96. The monoisotopic (exact) mass is 320 g/mol. The van der Waals surface area contributed by atoms with Crippen molar-refractivity contribution in [2.45, 2.75) is 13.5 Å². The van der Waals surface area contributed by atoms with Gasteiger partial charge in [-0.05, 0) is 45.8 Å². The van der Waals surface area contributed by atoms with E-state index in [1.165, 1.54) is 12.5 Å². The van der Waals surface area contributed by atoms with E-state index in [0.29, 0.717) is 5.75 Å². The zero-order valence-electron chi connectivity index (χ0n) is 10.4. The minimum Gasteiger partial charge on any atom is -0.488 e. The van der Waals surface area contributed by atoms with Gasteiger partial charge >= 0.3 is 5.97 Å². The minimum atomic E-state index is -0.286. The number of ether oxygens (including phenoxy) is 2. The molecular weight excluding hydrogens is 308 g/mol. The molecule has 2 aromatic carbocycles. The molecule has 2 aliphatic heterocycles. The van der Waals surface area contributed by atoms with Gasteiger partial charge in [0.1, 0.15) is 18.1 Å². The number of para-hydroxylation sites is 1. The number of esters is 1. The van der Waals surface area contributed by atoms with Crippen molar-refractivity contribution in [1.82, 2.24) is 0 Å². The minimum absolute atomic E-state index is 0.286. The van der Waals surface area contributed by atoms with Gasteiger partial charge in [0.15, 0.2) is 0 Å². The van der Waals surface area contributed by atoms with Gasteiger partial charge in [-0.3, -0.25) is 4.79 Å². The number of benzene rings is 2. The van der Waals surface area contributed by atoms with E-state index in [1.807, 2.05) is 24.3 Å². The second-order valence-corrected chi connectivity index (χ2v) is 4.81. The third-order valence-electron chi connectivity index (χ3n) is 2.40. The molecule has 2 bridgehead atoms. The van der Waals surface area contributed by atoms with Crippen molar-refractivity contribution in [3.8, 4) is 11.5 Å². The van der Waals surface area contributed by atoms with E-state index in [2.05, 4.69) is 28.1 Å². The standard InChI is InChI=1S/C8H8O2.C7H5BrO/c1-7(9)10-8-5-3-2-4-6-8;8-6-3-5-1-2-7(6)9-4-5/h2-6H,1H3;1-3H,4H2. The van der Waals surface area contributed by atoms with Crippen LogP contribution in [-0.4, -0.2) is 5.97 Å². The highest BCUT2D eigenvalue weighted by molar-refractivity contribution is 9.10. The van der Waals surface area contributed by atoms with E-state index >= 15 is 0 Å². The van der Waals surface area contributed by atoms with E-state index in [1.54, 1.807) is 12.1 Å². The van der Waals surface area contributed by atoms with Gasteiger partial charge in [-0.25, -0.2) is 0 Å². The van der Waals surface area contributed by atoms with Crippen LogP contribution < -0.4 is 9.47 Å². The summed E-state index contributed by atoms with van der Waals surface area (Å²) in [5.41, 5.74) is 1.23. The van der Waals surface area contributed by atoms with Gasteiger partial charge in [0.25, 0.3) is 0 Å². The van der Waals surface area contributed by atoms with Crippen LogP contribution in [0.25, 0.3) is 0 Å². The summed E-state index contributed by atoms with van der Waals surface area (Å²) in [6, 6.07) is 15.1. The number of fused-ring (bicyclic) bond motifs is 3. The fourth-order valence-corrected chi connectivity index (χ4v) is 2.11. The molecule has 0 saturated heterocycles. The summed E-state index contributed by atoms with van der Waals surface area (Å²) in [4.78, 5) is 10.4. The molecule has 0 saturated carbocycles. The van der Waals surface area contributed by atoms with Crippen molar-refractivity contribution >= 4 is 21.9 Å². The predicted molar refractivity (Wildman–Crippen MR) is 76.2 cm³/mol. The Kier molecular flexibility index (Phi) is 4.58. The van der Waals surface area contributed by atoms with Gasteiger partial charge < -0.3 is 9.47 Å². The SMILES string of the molecule is Brc1cc2ccc1OC2.CC(=O)Oc1ccccc1. The fourth-order valence-electron chi connectivity index (χ4n) is 1.57. The van der Waals surface area contributed by atoms with Crippen molar-refractivity contribution in [2.75, 3.05) is 0 Å². The summed E-state index contributed by atoms with van der Waals surface area (Å²) in [5, 5.41) is 0. The Hall–Kier alpha value is -1.81. The highest BCUT2D eigenvalue weighted by Crippen LogP contribution is 2.30. The van der Waals surface area contributed by atoms with Crippen molar-refractivity contribution in [2.24, 2.45) is 0 Å². The molecule has 0 fully saturated rings. The Morgan fingerprint density at radius 2 is 1.95 bits per heavy atom. The molecule has 19 heavy (non-hydrogen) atoms. The summed E-state index contributed by atoms with van der Waals surface area (Å²) in [6.45, 7) is 2.12. The summed E-state index contributed by atoms with van der Waals surface area (Å²) < 4.78 is 11.1. The highest BCUT2D eigenvalue weighted by atomic mass is 79.9. The predicted octanol–water partition coefficient (Wildman–Crippen LogP) is 3.95. The van der Waals surface area contributed by atoms with Crippen molar-refractivity contribution in [3.63, 3.8) is 0 Å². The van der Waals surface area contributed by atoms with Crippen molar-refractivity contribution < 1.29 is 14.3 Å². The number of hydrogen-bond acceptors (Lipinski definition) is 3. The van der Waals surface area contributed by atoms with E-state index in [9.17, 15) is 4.79 Å². The maximum atomic E-state index is 10.4. The Morgan fingerprint density at radius 3 is 2.32 bits per heavy atom. The molecule has 0 amide bonds. The zero-order chi connectivity index (χ0) is 13.7. The fraction of sp³-hybridized carbons (Fsp3) is 0.133. The van der Waals surface area contributed by atoms with E-state index in [-0.39, 0.29) is 5.97 Å². The molecule has 0 N–H and O–H groups in total. The van der Waals surface area contributed by atoms with Gasteiger partial charge in [0.05, 0.1) is 4.47 Å². The largest absolute Gasteiger partial charge is 0.488 e. The molecule has 2 heterocycles. The molecule has 4 rings (SSSR count). The molecule has 0 radical (unpaired) electrons. The average Bonchev–Trinajstić information content (AvgIpc) is 2.41. The topological polar surface area (TPSA) is 35.5 Å². The molecule has 0 aromatic heterocycles. The summed E-state index contributed by atoms with van der Waals surface area (Å²) in [5.74, 6) is 1.26. The summed E-state index contributed by atoms with van der Waals surface area (Å²) in [6.07, 6.45) is 0.